The van der Waals surface area contributed by atoms with Gasteiger partial charge in [0.2, 0.25) is 5.91 Å². The monoisotopic (exact) mass is 398 g/mol. The van der Waals surface area contributed by atoms with Crippen LogP contribution in [0.5, 0.6) is 0 Å². The van der Waals surface area contributed by atoms with Crippen LogP contribution in [-0.2, 0) is 4.79 Å². The first-order valence-corrected chi connectivity index (χ1v) is 9.69. The number of aryl methyl sites for hydroxylation is 1. The van der Waals surface area contributed by atoms with Crippen LogP contribution in [0.1, 0.15) is 29.1 Å². The van der Waals surface area contributed by atoms with Gasteiger partial charge in [-0.05, 0) is 51.1 Å². The van der Waals surface area contributed by atoms with Crippen molar-refractivity contribution in [3.63, 3.8) is 0 Å². The number of benzene rings is 2. The van der Waals surface area contributed by atoms with Gasteiger partial charge in [0.25, 0.3) is 5.69 Å². The number of nitrogens with one attached hydrogen (secondary N) is 1. The van der Waals surface area contributed by atoms with Crippen LogP contribution < -0.4 is 5.32 Å². The molecule has 1 atom stereocenters. The van der Waals surface area contributed by atoms with E-state index in [-0.39, 0.29) is 29.9 Å². The largest absolute Gasteiger partial charge is 0.319 e. The first kappa shape index (κ1) is 19.9. The van der Waals surface area contributed by atoms with Crippen LogP contribution in [0.2, 0.25) is 0 Å². The normalized spacial score (nSPS) is 12.3. The molecule has 1 amide bonds. The smallest absolute Gasteiger partial charge is 0.293 e. The van der Waals surface area contributed by atoms with E-state index in [4.69, 9.17) is 0 Å². The Morgan fingerprint density at radius 3 is 2.68 bits per heavy atom. The third kappa shape index (κ3) is 4.02. The van der Waals surface area contributed by atoms with Crippen LogP contribution in [0, 0.1) is 24.0 Å². The zero-order valence-corrected chi connectivity index (χ0v) is 17.0. The van der Waals surface area contributed by atoms with Gasteiger partial charge in [-0.3, -0.25) is 19.8 Å². The molecule has 0 saturated carbocycles. The summed E-state index contributed by atoms with van der Waals surface area (Å²) >= 11 is 1.60. The van der Waals surface area contributed by atoms with Crippen molar-refractivity contribution >= 4 is 38.8 Å². The Bertz CT molecular complexity index is 1010. The highest BCUT2D eigenvalue weighted by Gasteiger charge is 2.22. The predicted molar refractivity (Wildman–Crippen MR) is 112 cm³/mol. The fourth-order valence-corrected chi connectivity index (χ4v) is 4.00. The van der Waals surface area contributed by atoms with Crippen LogP contribution in [0.3, 0.4) is 0 Å². The van der Waals surface area contributed by atoms with E-state index < -0.39 is 4.92 Å². The maximum atomic E-state index is 12.6. The van der Waals surface area contributed by atoms with E-state index >= 15 is 0 Å². The number of para-hydroxylation sites is 1. The Kier molecular flexibility index (Phi) is 5.71. The van der Waals surface area contributed by atoms with Crippen molar-refractivity contribution in [2.24, 2.45) is 0 Å². The summed E-state index contributed by atoms with van der Waals surface area (Å²) in [5.41, 5.74) is 2.69. The van der Waals surface area contributed by atoms with Crippen molar-refractivity contribution < 1.29 is 9.72 Å². The van der Waals surface area contributed by atoms with Crippen molar-refractivity contribution in [2.45, 2.75) is 26.8 Å². The summed E-state index contributed by atoms with van der Waals surface area (Å²) < 4.78 is 1.10. The number of nitro groups is 1. The number of carbonyl (C=O) groups is 1. The summed E-state index contributed by atoms with van der Waals surface area (Å²) in [6.07, 6.45) is 0. The lowest BCUT2D eigenvalue weighted by Crippen LogP contribution is -2.32. The molecule has 3 aromatic rings. The topological polar surface area (TPSA) is 88.4 Å². The lowest BCUT2D eigenvalue weighted by atomic mass is 10.1. The molecule has 0 saturated heterocycles. The number of nitro benzene ring substituents is 1. The molecule has 1 aromatic heterocycles. The van der Waals surface area contributed by atoms with E-state index in [0.29, 0.717) is 5.56 Å². The third-order valence-corrected chi connectivity index (χ3v) is 6.10. The molecule has 0 aliphatic rings. The highest BCUT2D eigenvalue weighted by atomic mass is 32.1. The maximum Gasteiger partial charge on any atom is 0.293 e. The third-order valence-electron chi connectivity index (χ3n) is 4.90. The highest BCUT2D eigenvalue weighted by molar-refractivity contribution is 7.18. The van der Waals surface area contributed by atoms with Crippen molar-refractivity contribution in [2.75, 3.05) is 18.9 Å². The summed E-state index contributed by atoms with van der Waals surface area (Å²) in [5, 5.41) is 15.0. The molecule has 0 unspecified atom stereocenters. The number of aromatic nitrogens is 1. The van der Waals surface area contributed by atoms with Crippen molar-refractivity contribution in [1.82, 2.24) is 9.88 Å². The minimum absolute atomic E-state index is 0.0586. The van der Waals surface area contributed by atoms with Gasteiger partial charge in [0.15, 0.2) is 0 Å². The molecule has 0 radical (unpaired) electrons. The van der Waals surface area contributed by atoms with Crippen molar-refractivity contribution in [1.29, 1.82) is 0 Å². The molecular weight excluding hydrogens is 376 g/mol. The summed E-state index contributed by atoms with van der Waals surface area (Å²) in [6.45, 7) is 5.72. The SMILES string of the molecule is Cc1ccc([N+](=O)[O-])c(NC(=O)CN(C)[C@@H](C)c2nc3ccccc3s2)c1C. The molecule has 1 N–H and O–H groups in total. The number of rotatable bonds is 6. The second kappa shape index (κ2) is 8.04. The van der Waals surface area contributed by atoms with Gasteiger partial charge in [0, 0.05) is 6.07 Å². The Labute approximate surface area is 167 Å². The molecule has 28 heavy (non-hydrogen) atoms. The molecule has 3 rings (SSSR count). The van der Waals surface area contributed by atoms with Gasteiger partial charge >= 0.3 is 0 Å². The first-order valence-electron chi connectivity index (χ1n) is 8.88. The number of thiazole rings is 1. The van der Waals surface area contributed by atoms with Crippen LogP contribution in [0.4, 0.5) is 11.4 Å². The van der Waals surface area contributed by atoms with Gasteiger partial charge in [-0.25, -0.2) is 4.98 Å². The minimum Gasteiger partial charge on any atom is -0.319 e. The second-order valence-electron chi connectivity index (χ2n) is 6.82. The first-order chi connectivity index (χ1) is 13.3. The zero-order valence-electron chi connectivity index (χ0n) is 16.2. The Balaban J connectivity index is 1.74. The number of likely N-dealkylation sites (N-methyl/N-ethyl adjacent to an activating group) is 1. The van der Waals surface area contributed by atoms with E-state index in [1.54, 1.807) is 24.3 Å². The van der Waals surface area contributed by atoms with E-state index in [9.17, 15) is 14.9 Å². The number of carbonyl (C=O) groups excluding carboxylic acids is 1. The van der Waals surface area contributed by atoms with Crippen LogP contribution in [-0.4, -0.2) is 34.3 Å². The predicted octanol–water partition coefficient (Wildman–Crippen LogP) is 4.45. The molecule has 0 spiro atoms. The fraction of sp³-hybridized carbons (Fsp3) is 0.300. The molecule has 0 aliphatic heterocycles. The second-order valence-corrected chi connectivity index (χ2v) is 7.88. The fourth-order valence-electron chi connectivity index (χ4n) is 2.91. The lowest BCUT2D eigenvalue weighted by Gasteiger charge is -2.22. The molecule has 2 aromatic carbocycles. The molecule has 7 nitrogen and oxygen atoms in total. The van der Waals surface area contributed by atoms with Crippen LogP contribution in [0.25, 0.3) is 10.2 Å². The van der Waals surface area contributed by atoms with E-state index in [0.717, 1.165) is 20.8 Å². The lowest BCUT2D eigenvalue weighted by molar-refractivity contribution is -0.384. The van der Waals surface area contributed by atoms with Gasteiger partial charge < -0.3 is 5.32 Å². The highest BCUT2D eigenvalue weighted by Crippen LogP contribution is 2.31. The van der Waals surface area contributed by atoms with Gasteiger partial charge in [0.05, 0.1) is 27.7 Å². The summed E-state index contributed by atoms with van der Waals surface area (Å²) in [4.78, 5) is 29.9. The van der Waals surface area contributed by atoms with E-state index in [2.05, 4.69) is 10.3 Å². The molecule has 146 valence electrons. The maximum absolute atomic E-state index is 12.6. The van der Waals surface area contributed by atoms with E-state index in [1.165, 1.54) is 6.07 Å². The number of hydrogen-bond acceptors (Lipinski definition) is 6. The quantitative estimate of drug-likeness (QED) is 0.489. The van der Waals surface area contributed by atoms with E-state index in [1.807, 2.05) is 50.1 Å². The van der Waals surface area contributed by atoms with Crippen molar-refractivity contribution in [3.05, 3.63) is 62.6 Å². The molecule has 8 heteroatoms. The van der Waals surface area contributed by atoms with Gasteiger partial charge in [0.1, 0.15) is 10.7 Å². The Morgan fingerprint density at radius 1 is 1.29 bits per heavy atom. The molecule has 0 bridgehead atoms. The Morgan fingerprint density at radius 2 is 2.00 bits per heavy atom. The molecule has 0 fully saturated rings. The Hall–Kier alpha value is -2.84. The molecule has 1 heterocycles. The van der Waals surface area contributed by atoms with Gasteiger partial charge in [-0.1, -0.05) is 18.2 Å². The number of amides is 1. The average Bonchev–Trinajstić information content (AvgIpc) is 3.08. The summed E-state index contributed by atoms with van der Waals surface area (Å²) in [6, 6.07) is 11.0. The van der Waals surface area contributed by atoms with Crippen molar-refractivity contribution in [3.8, 4) is 0 Å². The van der Waals surface area contributed by atoms with Gasteiger partial charge in [-0.2, -0.15) is 0 Å². The van der Waals surface area contributed by atoms with Crippen LogP contribution >= 0.6 is 11.3 Å². The number of hydrogen-bond donors (Lipinski definition) is 1. The number of nitrogens with zero attached hydrogens (tertiary/aromatic N) is 3. The summed E-state index contributed by atoms with van der Waals surface area (Å²) in [5.74, 6) is -0.299. The molecule has 0 aliphatic carbocycles. The van der Waals surface area contributed by atoms with Gasteiger partial charge in [-0.15, -0.1) is 11.3 Å². The minimum atomic E-state index is -0.477. The number of fused-ring (bicyclic) bond motifs is 1. The van der Waals surface area contributed by atoms with Crippen LogP contribution in [0.15, 0.2) is 36.4 Å². The zero-order chi connectivity index (χ0) is 20.4. The summed E-state index contributed by atoms with van der Waals surface area (Å²) in [7, 11) is 1.84. The standard InChI is InChI=1S/C20H22N4O3S/c1-12-9-10-16(24(26)27)19(13(12)2)22-18(25)11-23(4)14(3)20-21-15-7-5-6-8-17(15)28-20/h5-10,14H,11H2,1-4H3,(H,22,25)/t14-/m0/s1. The molecular formula is C20H22N4O3S. The average molecular weight is 398 g/mol. The number of anilines is 1.